The maximum Gasteiger partial charge on any atom is 0.514 e. The van der Waals surface area contributed by atoms with Gasteiger partial charge in [0.15, 0.2) is 0 Å². The van der Waals surface area contributed by atoms with E-state index in [1.54, 1.807) is 0 Å². The summed E-state index contributed by atoms with van der Waals surface area (Å²) in [6, 6.07) is 5.15. The number of nitriles is 1. The molecule has 14 heavy (non-hydrogen) atoms. The van der Waals surface area contributed by atoms with Gasteiger partial charge < -0.3 is 17.7 Å². The van der Waals surface area contributed by atoms with Crippen LogP contribution in [0.4, 0.5) is 12.9 Å². The Hall–Kier alpha value is -1.64. The van der Waals surface area contributed by atoms with Crippen LogP contribution in [0.3, 0.4) is 0 Å². The minimum absolute atomic E-state index is 0.309. The van der Waals surface area contributed by atoms with Crippen LogP contribution in [0.15, 0.2) is 18.2 Å². The molecule has 0 spiro atoms. The molecule has 2 nitrogen and oxygen atoms in total. The summed E-state index contributed by atoms with van der Waals surface area (Å²) in [5.41, 5.74) is -1.37. The van der Waals surface area contributed by atoms with Crippen LogP contribution >= 0.6 is 0 Å². The van der Waals surface area contributed by atoms with Gasteiger partial charge in [0.1, 0.15) is 0 Å². The molecule has 0 aliphatic heterocycles. The van der Waals surface area contributed by atoms with Gasteiger partial charge in [-0.05, 0) is 17.6 Å². The highest BCUT2D eigenvalue weighted by molar-refractivity contribution is 6.75. The van der Waals surface area contributed by atoms with Gasteiger partial charge in [0.05, 0.1) is 18.9 Å². The molecule has 0 saturated heterocycles. The summed E-state index contributed by atoms with van der Waals surface area (Å²) in [5.74, 6) is -0.309. The fraction of sp³-hybridized carbons (Fsp3) is 0.125. The summed E-state index contributed by atoms with van der Waals surface area (Å²) in [6.07, 6.45) is 0. The molecule has 74 valence electrons. The molecule has 1 aromatic rings. The van der Waals surface area contributed by atoms with Crippen LogP contribution in [-0.4, -0.2) is 14.1 Å². The first-order valence-electron chi connectivity index (χ1n) is 3.77. The molecule has 0 aliphatic carbocycles. The number of ether oxygens (including phenoxy) is 1. The molecular formula is C8H6BF3NO-. The lowest BCUT2D eigenvalue weighted by Crippen LogP contribution is -2.37. The van der Waals surface area contributed by atoms with E-state index in [0.717, 1.165) is 13.2 Å². The Labute approximate surface area is 79.0 Å². The fourth-order valence-corrected chi connectivity index (χ4v) is 1.16. The van der Waals surface area contributed by atoms with Crippen LogP contribution in [0, 0.1) is 11.3 Å². The van der Waals surface area contributed by atoms with Crippen molar-refractivity contribution in [2.75, 3.05) is 7.11 Å². The lowest BCUT2D eigenvalue weighted by molar-refractivity contribution is 0.412. The molecule has 0 radical (unpaired) electrons. The van der Waals surface area contributed by atoms with Gasteiger partial charge in [-0.2, -0.15) is 5.26 Å². The van der Waals surface area contributed by atoms with Crippen molar-refractivity contribution in [3.63, 3.8) is 0 Å². The number of hydrogen-bond donors (Lipinski definition) is 0. The fourth-order valence-electron chi connectivity index (χ4n) is 1.16. The summed E-state index contributed by atoms with van der Waals surface area (Å²) in [6.45, 7) is -5.22. The third kappa shape index (κ3) is 1.82. The van der Waals surface area contributed by atoms with Crippen LogP contribution in [-0.2, 0) is 0 Å². The second-order valence-electron chi connectivity index (χ2n) is 2.61. The summed E-state index contributed by atoms with van der Waals surface area (Å²) >= 11 is 0. The van der Waals surface area contributed by atoms with Gasteiger partial charge in [-0.3, -0.25) is 0 Å². The van der Waals surface area contributed by atoms with Crippen LogP contribution in [0.5, 0.6) is 5.75 Å². The minimum Gasteiger partial charge on any atom is -0.500 e. The molecule has 0 bridgehead atoms. The van der Waals surface area contributed by atoms with Crippen molar-refractivity contribution in [1.82, 2.24) is 0 Å². The number of hydrogen-bond acceptors (Lipinski definition) is 2. The van der Waals surface area contributed by atoms with Crippen molar-refractivity contribution < 1.29 is 17.7 Å². The molecule has 1 aromatic carbocycles. The first kappa shape index (κ1) is 10.4. The van der Waals surface area contributed by atoms with Gasteiger partial charge in [0.2, 0.25) is 0 Å². The van der Waals surface area contributed by atoms with Crippen LogP contribution in [0.2, 0.25) is 0 Å². The van der Waals surface area contributed by atoms with Crippen LogP contribution in [0.25, 0.3) is 0 Å². The van der Waals surface area contributed by atoms with Gasteiger partial charge in [-0.15, -0.1) is 0 Å². The number of benzene rings is 1. The molecule has 0 saturated carbocycles. The zero-order valence-corrected chi connectivity index (χ0v) is 7.30. The Kier molecular flexibility index (Phi) is 2.70. The van der Waals surface area contributed by atoms with E-state index in [9.17, 15) is 12.9 Å². The van der Waals surface area contributed by atoms with Gasteiger partial charge in [-0.1, -0.05) is 6.07 Å². The second kappa shape index (κ2) is 3.62. The molecule has 0 N–H and O–H groups in total. The predicted molar refractivity (Wildman–Crippen MR) is 46.4 cm³/mol. The summed E-state index contributed by atoms with van der Waals surface area (Å²) in [5, 5.41) is 8.51. The molecule has 6 heteroatoms. The highest BCUT2D eigenvalue weighted by Crippen LogP contribution is 2.19. The number of rotatable bonds is 2. The normalized spacial score (nSPS) is 10.8. The summed E-state index contributed by atoms with van der Waals surface area (Å²) in [4.78, 5) is 0. The first-order chi connectivity index (χ1) is 6.50. The van der Waals surface area contributed by atoms with E-state index in [2.05, 4.69) is 4.74 Å². The van der Waals surface area contributed by atoms with Crippen molar-refractivity contribution in [3.05, 3.63) is 23.8 Å². The Morgan fingerprint density at radius 2 is 2.00 bits per heavy atom. The van der Waals surface area contributed by atoms with Gasteiger partial charge >= 0.3 is 6.98 Å². The smallest absolute Gasteiger partial charge is 0.500 e. The third-order valence-corrected chi connectivity index (χ3v) is 1.73. The average molecular weight is 200 g/mol. The molecule has 0 aromatic heterocycles. The summed E-state index contributed by atoms with van der Waals surface area (Å²) < 4.78 is 42.1. The van der Waals surface area contributed by atoms with Gasteiger partial charge in [0.25, 0.3) is 0 Å². The monoisotopic (exact) mass is 200 g/mol. The molecule has 0 aliphatic rings. The third-order valence-electron chi connectivity index (χ3n) is 1.73. The molecule has 0 atom stereocenters. The van der Waals surface area contributed by atoms with E-state index in [4.69, 9.17) is 5.26 Å². The standard InChI is InChI=1S/C8H6BF3NO/c1-14-7-4-2-3-6(5-13)8(7)9(10,11)12/h2-4H,1H3/q-1. The Balaban J connectivity index is 3.44. The predicted octanol–water partition coefficient (Wildman–Crippen LogP) is 1.62. The highest BCUT2D eigenvalue weighted by Gasteiger charge is 2.31. The Morgan fingerprint density at radius 3 is 2.43 bits per heavy atom. The lowest BCUT2D eigenvalue weighted by atomic mass is 9.76. The number of halogens is 3. The number of methoxy groups -OCH3 is 1. The average Bonchev–Trinajstić information content (AvgIpc) is 2.15. The van der Waals surface area contributed by atoms with E-state index >= 15 is 0 Å². The maximum absolute atomic E-state index is 12.5. The van der Waals surface area contributed by atoms with E-state index in [1.165, 1.54) is 18.2 Å². The molecule has 1 rings (SSSR count). The maximum atomic E-state index is 12.5. The largest absolute Gasteiger partial charge is 0.514 e. The lowest BCUT2D eigenvalue weighted by Gasteiger charge is -2.19. The van der Waals surface area contributed by atoms with Gasteiger partial charge in [0, 0.05) is 5.56 Å². The Bertz CT molecular complexity index is 383. The zero-order valence-electron chi connectivity index (χ0n) is 7.30. The zero-order chi connectivity index (χ0) is 10.8. The SMILES string of the molecule is COc1cccc(C#N)c1[B-](F)(F)F. The van der Waals surface area contributed by atoms with Gasteiger partial charge in [-0.25, -0.2) is 0 Å². The molecule has 0 amide bonds. The number of nitrogens with zero attached hydrogens (tertiary/aromatic N) is 1. The first-order valence-corrected chi connectivity index (χ1v) is 3.77. The molecule has 0 fully saturated rings. The minimum atomic E-state index is -5.22. The molecule has 0 heterocycles. The van der Waals surface area contributed by atoms with Crippen molar-refractivity contribution in [2.24, 2.45) is 0 Å². The second-order valence-corrected chi connectivity index (χ2v) is 2.61. The summed E-state index contributed by atoms with van der Waals surface area (Å²) in [7, 11) is 1.14. The van der Waals surface area contributed by atoms with Crippen molar-refractivity contribution in [2.45, 2.75) is 0 Å². The van der Waals surface area contributed by atoms with Crippen LogP contribution in [0.1, 0.15) is 5.56 Å². The van der Waals surface area contributed by atoms with E-state index in [1.807, 2.05) is 0 Å². The molecule has 0 unspecified atom stereocenters. The molecular weight excluding hydrogens is 194 g/mol. The van der Waals surface area contributed by atoms with Crippen molar-refractivity contribution >= 4 is 12.4 Å². The Morgan fingerprint density at radius 1 is 1.36 bits per heavy atom. The topological polar surface area (TPSA) is 33.0 Å². The van der Waals surface area contributed by atoms with E-state index in [-0.39, 0.29) is 5.75 Å². The quantitative estimate of drug-likeness (QED) is 0.679. The highest BCUT2D eigenvalue weighted by atomic mass is 19.4. The van der Waals surface area contributed by atoms with E-state index in [0.29, 0.717) is 0 Å². The van der Waals surface area contributed by atoms with E-state index < -0.39 is 18.0 Å². The van der Waals surface area contributed by atoms with Crippen LogP contribution < -0.4 is 10.2 Å². The van der Waals surface area contributed by atoms with Crippen molar-refractivity contribution in [3.8, 4) is 11.8 Å². The van der Waals surface area contributed by atoms with Crippen molar-refractivity contribution in [1.29, 1.82) is 5.26 Å².